The maximum atomic E-state index is 11.9. The Bertz CT molecular complexity index is 85.9. The minimum absolute atomic E-state index is 0.209. The Hall–Kier alpha value is 0.230. The van der Waals surface area contributed by atoms with Crippen LogP contribution in [0.15, 0.2) is 0 Å². The predicted octanol–water partition coefficient (Wildman–Crippen LogP) is 2.31. The third-order valence-corrected chi connectivity index (χ3v) is 1.12. The maximum Gasteiger partial charge on any atom is 0.396 e. The molecule has 0 saturated heterocycles. The van der Waals surface area contributed by atoms with Gasteiger partial charge in [-0.05, 0) is 22.9 Å². The van der Waals surface area contributed by atoms with Gasteiger partial charge in [0.05, 0.1) is 6.61 Å². The van der Waals surface area contributed by atoms with Gasteiger partial charge in [0.1, 0.15) is 0 Å². The first-order chi connectivity index (χ1) is 4.00. The lowest BCUT2D eigenvalue weighted by Crippen LogP contribution is -2.28. The highest BCUT2D eigenvalue weighted by Gasteiger charge is 2.39. The molecule has 0 aliphatic rings. The molecule has 0 amide bonds. The van der Waals surface area contributed by atoms with E-state index in [2.05, 4.69) is 20.7 Å². The zero-order chi connectivity index (χ0) is 7.49. The van der Waals surface area contributed by atoms with Gasteiger partial charge in [-0.25, -0.2) is 4.39 Å². The van der Waals surface area contributed by atoms with Crippen molar-refractivity contribution in [2.45, 2.75) is 18.1 Å². The summed E-state index contributed by atoms with van der Waals surface area (Å²) in [6.45, 7) is 1.16. The first kappa shape index (κ1) is 9.23. The second kappa shape index (κ2) is 3.41. The Morgan fingerprint density at radius 3 is 2.22 bits per heavy atom. The van der Waals surface area contributed by atoms with Crippen LogP contribution in [0.5, 0.6) is 0 Å². The van der Waals surface area contributed by atoms with Crippen LogP contribution in [0.2, 0.25) is 0 Å². The van der Waals surface area contributed by atoms with E-state index in [1.54, 1.807) is 0 Å². The first-order valence-corrected chi connectivity index (χ1v) is 3.22. The van der Waals surface area contributed by atoms with Gasteiger partial charge < -0.3 is 4.74 Å². The Morgan fingerprint density at radius 1 is 1.67 bits per heavy atom. The van der Waals surface area contributed by atoms with Crippen molar-refractivity contribution in [2.75, 3.05) is 6.61 Å². The largest absolute Gasteiger partial charge is 0.396 e. The van der Waals surface area contributed by atoms with Gasteiger partial charge in [-0.2, -0.15) is 8.78 Å². The van der Waals surface area contributed by atoms with Crippen molar-refractivity contribution in [3.05, 3.63) is 0 Å². The summed E-state index contributed by atoms with van der Waals surface area (Å²) >= 11 is 2.06. The lowest BCUT2D eigenvalue weighted by molar-refractivity contribution is -0.250. The SMILES string of the molecule is CCOC(F)(F)[C@H](F)Br. The zero-order valence-corrected chi connectivity index (χ0v) is 6.29. The molecule has 0 rings (SSSR count). The summed E-state index contributed by atoms with van der Waals surface area (Å²) in [5, 5.41) is -2.43. The topological polar surface area (TPSA) is 9.23 Å². The molecular weight excluding hydrogens is 201 g/mol. The van der Waals surface area contributed by atoms with Gasteiger partial charge >= 0.3 is 6.11 Å². The molecule has 0 N–H and O–H groups in total. The van der Waals surface area contributed by atoms with Crippen molar-refractivity contribution < 1.29 is 17.9 Å². The Kier molecular flexibility index (Phi) is 3.50. The van der Waals surface area contributed by atoms with Crippen LogP contribution in [0.4, 0.5) is 13.2 Å². The van der Waals surface area contributed by atoms with Gasteiger partial charge in [-0.15, -0.1) is 0 Å². The maximum absolute atomic E-state index is 11.9. The number of hydrogen-bond donors (Lipinski definition) is 0. The van der Waals surface area contributed by atoms with Crippen LogP contribution in [0.25, 0.3) is 0 Å². The molecule has 0 unspecified atom stereocenters. The van der Waals surface area contributed by atoms with Crippen LogP contribution >= 0.6 is 15.9 Å². The summed E-state index contributed by atoms with van der Waals surface area (Å²) in [5.74, 6) is 0. The highest BCUT2D eigenvalue weighted by atomic mass is 79.9. The molecule has 1 nitrogen and oxygen atoms in total. The summed E-state index contributed by atoms with van der Waals surface area (Å²) < 4.78 is 39.2. The molecule has 0 aliphatic heterocycles. The Labute approximate surface area is 59.3 Å². The van der Waals surface area contributed by atoms with E-state index in [1.165, 1.54) is 6.92 Å². The van der Waals surface area contributed by atoms with E-state index in [9.17, 15) is 13.2 Å². The minimum Gasteiger partial charge on any atom is -0.318 e. The van der Waals surface area contributed by atoms with Gasteiger partial charge in [-0.1, -0.05) is 0 Å². The monoisotopic (exact) mass is 206 g/mol. The van der Waals surface area contributed by atoms with E-state index >= 15 is 0 Å². The van der Waals surface area contributed by atoms with E-state index in [1.807, 2.05) is 0 Å². The van der Waals surface area contributed by atoms with Crippen LogP contribution in [-0.4, -0.2) is 17.8 Å². The van der Waals surface area contributed by atoms with Crippen LogP contribution in [-0.2, 0) is 4.74 Å². The highest BCUT2D eigenvalue weighted by molar-refractivity contribution is 9.09. The lowest BCUT2D eigenvalue weighted by Gasteiger charge is -2.14. The zero-order valence-electron chi connectivity index (χ0n) is 4.70. The fraction of sp³-hybridized carbons (Fsp3) is 1.00. The molecule has 0 bridgehead atoms. The molecule has 0 saturated carbocycles. The molecule has 56 valence electrons. The third kappa shape index (κ3) is 3.05. The van der Waals surface area contributed by atoms with Crippen LogP contribution in [0.3, 0.4) is 0 Å². The standard InChI is InChI=1S/C4H6BrF3O/c1-2-9-4(7,8)3(5)6/h3H,2H2,1H3/t3-/m0/s1. The van der Waals surface area contributed by atoms with Gasteiger partial charge in [0.25, 0.3) is 0 Å². The van der Waals surface area contributed by atoms with Crippen molar-refractivity contribution in [2.24, 2.45) is 0 Å². The molecule has 0 aliphatic carbocycles. The smallest absolute Gasteiger partial charge is 0.318 e. The number of hydrogen-bond acceptors (Lipinski definition) is 1. The average molecular weight is 207 g/mol. The fourth-order valence-corrected chi connectivity index (χ4v) is 0.388. The number of rotatable bonds is 3. The molecule has 0 aromatic rings. The number of alkyl halides is 4. The highest BCUT2D eigenvalue weighted by Crippen LogP contribution is 2.26. The molecule has 0 spiro atoms. The van der Waals surface area contributed by atoms with E-state index < -0.39 is 11.2 Å². The predicted molar refractivity (Wildman–Crippen MR) is 30.4 cm³/mol. The second-order valence-electron chi connectivity index (χ2n) is 1.30. The summed E-state index contributed by atoms with van der Waals surface area (Å²) in [4.78, 5) is 0. The molecule has 0 radical (unpaired) electrons. The average Bonchev–Trinajstić information content (AvgIpc) is 1.65. The summed E-state index contributed by atoms with van der Waals surface area (Å²) in [7, 11) is 0. The molecule has 9 heavy (non-hydrogen) atoms. The molecular formula is C4H6BrF3O. The van der Waals surface area contributed by atoms with Crippen molar-refractivity contribution in [1.82, 2.24) is 0 Å². The van der Waals surface area contributed by atoms with E-state index in [0.717, 1.165) is 0 Å². The molecule has 0 aromatic carbocycles. The fourth-order valence-electron chi connectivity index (χ4n) is 0.255. The number of halogens is 4. The summed E-state index contributed by atoms with van der Waals surface area (Å²) in [6.07, 6.45) is -3.70. The second-order valence-corrected chi connectivity index (χ2v) is 2.10. The molecule has 1 atom stereocenters. The van der Waals surface area contributed by atoms with Gasteiger partial charge in [-0.3, -0.25) is 0 Å². The van der Waals surface area contributed by atoms with Gasteiger partial charge in [0.15, 0.2) is 0 Å². The van der Waals surface area contributed by atoms with E-state index in [4.69, 9.17) is 0 Å². The summed E-state index contributed by atoms with van der Waals surface area (Å²) in [5.41, 5.74) is 0. The molecule has 0 aromatic heterocycles. The normalized spacial score (nSPS) is 15.7. The van der Waals surface area contributed by atoms with Crippen LogP contribution in [0, 0.1) is 0 Å². The first-order valence-electron chi connectivity index (χ1n) is 2.30. The van der Waals surface area contributed by atoms with Crippen molar-refractivity contribution in [1.29, 1.82) is 0 Å². The third-order valence-electron chi connectivity index (χ3n) is 0.591. The molecule has 0 heterocycles. The van der Waals surface area contributed by atoms with E-state index in [0.29, 0.717) is 0 Å². The number of ether oxygens (including phenoxy) is 1. The quantitative estimate of drug-likeness (QED) is 0.645. The van der Waals surface area contributed by atoms with Crippen LogP contribution in [0.1, 0.15) is 6.92 Å². The lowest BCUT2D eigenvalue weighted by atomic mass is 10.7. The minimum atomic E-state index is -3.70. The van der Waals surface area contributed by atoms with Crippen molar-refractivity contribution in [3.8, 4) is 0 Å². The van der Waals surface area contributed by atoms with Crippen molar-refractivity contribution >= 4 is 15.9 Å². The van der Waals surface area contributed by atoms with Crippen LogP contribution < -0.4 is 0 Å². The molecule has 5 heteroatoms. The molecule has 0 fully saturated rings. The van der Waals surface area contributed by atoms with Crippen molar-refractivity contribution in [3.63, 3.8) is 0 Å². The van der Waals surface area contributed by atoms with Gasteiger partial charge in [0.2, 0.25) is 5.08 Å². The van der Waals surface area contributed by atoms with E-state index in [-0.39, 0.29) is 6.61 Å². The summed E-state index contributed by atoms with van der Waals surface area (Å²) in [6, 6.07) is 0. The Morgan fingerprint density at radius 2 is 2.11 bits per heavy atom. The van der Waals surface area contributed by atoms with Gasteiger partial charge in [0, 0.05) is 0 Å². The Balaban J connectivity index is 3.70.